The van der Waals surface area contributed by atoms with Gasteiger partial charge in [0.25, 0.3) is 0 Å². The smallest absolute Gasteiger partial charge is 0.0312 e. The van der Waals surface area contributed by atoms with Gasteiger partial charge in [-0.05, 0) is 57.5 Å². The third kappa shape index (κ3) is 1.94. The zero-order valence-electron chi connectivity index (χ0n) is 9.97. The summed E-state index contributed by atoms with van der Waals surface area (Å²) in [5.41, 5.74) is 0.533. The molecule has 15 heavy (non-hydrogen) atoms. The van der Waals surface area contributed by atoms with Crippen LogP contribution in [0.1, 0.15) is 45.4 Å². The van der Waals surface area contributed by atoms with E-state index in [4.69, 9.17) is 0 Å². The molecule has 0 saturated carbocycles. The molecule has 3 rings (SSSR count). The van der Waals surface area contributed by atoms with Gasteiger partial charge < -0.3 is 10.2 Å². The summed E-state index contributed by atoms with van der Waals surface area (Å²) in [6.07, 6.45) is 8.57. The summed E-state index contributed by atoms with van der Waals surface area (Å²) in [5, 5.41) is 3.86. The van der Waals surface area contributed by atoms with E-state index in [2.05, 4.69) is 17.1 Å². The summed E-state index contributed by atoms with van der Waals surface area (Å²) in [6.45, 7) is 6.41. The lowest BCUT2D eigenvalue weighted by atomic mass is 9.86. The fraction of sp³-hybridized carbons (Fsp3) is 1.00. The van der Waals surface area contributed by atoms with E-state index in [0.29, 0.717) is 5.54 Å². The summed E-state index contributed by atoms with van der Waals surface area (Å²) in [5.74, 6) is 0.964. The van der Waals surface area contributed by atoms with Crippen molar-refractivity contribution in [1.82, 2.24) is 10.2 Å². The Morgan fingerprint density at radius 1 is 1.13 bits per heavy atom. The van der Waals surface area contributed by atoms with Crippen LogP contribution in [0.25, 0.3) is 0 Å². The van der Waals surface area contributed by atoms with E-state index in [9.17, 15) is 0 Å². The van der Waals surface area contributed by atoms with Crippen LogP contribution in [-0.4, -0.2) is 36.1 Å². The average Bonchev–Trinajstić information content (AvgIpc) is 2.81. The highest BCUT2D eigenvalue weighted by Crippen LogP contribution is 2.38. The molecule has 3 aliphatic rings. The van der Waals surface area contributed by atoms with Crippen molar-refractivity contribution in [2.24, 2.45) is 5.92 Å². The van der Waals surface area contributed by atoms with Crippen LogP contribution in [0, 0.1) is 5.92 Å². The number of nitrogens with zero attached hydrogens (tertiary/aromatic N) is 1. The summed E-state index contributed by atoms with van der Waals surface area (Å²) < 4.78 is 0. The summed E-state index contributed by atoms with van der Waals surface area (Å²) in [7, 11) is 0. The largest absolute Gasteiger partial charge is 0.307 e. The molecule has 2 nitrogen and oxygen atoms in total. The van der Waals surface area contributed by atoms with Gasteiger partial charge in [-0.2, -0.15) is 0 Å². The van der Waals surface area contributed by atoms with E-state index in [1.54, 1.807) is 0 Å². The molecule has 0 aromatic rings. The second-order valence-corrected chi connectivity index (χ2v) is 6.16. The van der Waals surface area contributed by atoms with Crippen LogP contribution < -0.4 is 5.32 Å². The molecule has 3 aliphatic heterocycles. The minimum absolute atomic E-state index is 0.533. The molecule has 0 radical (unpaired) electrons. The van der Waals surface area contributed by atoms with Gasteiger partial charge in [-0.15, -0.1) is 0 Å². The maximum Gasteiger partial charge on any atom is 0.0312 e. The lowest BCUT2D eigenvalue weighted by molar-refractivity contribution is 0.146. The van der Waals surface area contributed by atoms with E-state index in [-0.39, 0.29) is 0 Å². The van der Waals surface area contributed by atoms with Crippen LogP contribution in [-0.2, 0) is 0 Å². The van der Waals surface area contributed by atoms with Gasteiger partial charge >= 0.3 is 0 Å². The minimum atomic E-state index is 0.533. The van der Waals surface area contributed by atoms with Crippen molar-refractivity contribution in [2.75, 3.05) is 19.6 Å². The van der Waals surface area contributed by atoms with Gasteiger partial charge in [-0.25, -0.2) is 0 Å². The molecule has 2 bridgehead atoms. The Kier molecular flexibility index (Phi) is 2.52. The van der Waals surface area contributed by atoms with E-state index in [0.717, 1.165) is 12.0 Å². The third-order valence-electron chi connectivity index (χ3n) is 4.86. The highest BCUT2D eigenvalue weighted by atomic mass is 15.2. The quantitative estimate of drug-likeness (QED) is 0.747. The van der Waals surface area contributed by atoms with E-state index in [1.807, 2.05) is 0 Å². The number of hydrogen-bond donors (Lipinski definition) is 1. The van der Waals surface area contributed by atoms with Gasteiger partial charge in [0, 0.05) is 18.1 Å². The zero-order chi connectivity index (χ0) is 10.3. The highest BCUT2D eigenvalue weighted by molar-refractivity contribution is 5.06. The Labute approximate surface area is 93.4 Å². The zero-order valence-corrected chi connectivity index (χ0v) is 9.97. The SMILES string of the molecule is CC1CCN(CC23CCC(CC2)N3)CC1. The molecule has 0 aliphatic carbocycles. The summed E-state index contributed by atoms with van der Waals surface area (Å²) in [4.78, 5) is 2.71. The Hall–Kier alpha value is -0.0800. The van der Waals surface area contributed by atoms with E-state index < -0.39 is 0 Å². The highest BCUT2D eigenvalue weighted by Gasteiger charge is 2.45. The third-order valence-corrected chi connectivity index (χ3v) is 4.86. The molecule has 0 spiro atoms. The van der Waals surface area contributed by atoms with Crippen LogP contribution >= 0.6 is 0 Å². The number of hydrogen-bond acceptors (Lipinski definition) is 2. The van der Waals surface area contributed by atoms with Crippen molar-refractivity contribution in [3.8, 4) is 0 Å². The van der Waals surface area contributed by atoms with Crippen molar-refractivity contribution in [3.05, 3.63) is 0 Å². The van der Waals surface area contributed by atoms with E-state index in [1.165, 1.54) is 58.2 Å². The first kappa shape index (κ1) is 10.1. The maximum absolute atomic E-state index is 3.86. The van der Waals surface area contributed by atoms with Crippen molar-refractivity contribution in [2.45, 2.75) is 57.0 Å². The molecule has 2 heteroatoms. The molecular formula is C13H24N2. The van der Waals surface area contributed by atoms with Crippen LogP contribution in [0.5, 0.6) is 0 Å². The molecule has 0 unspecified atom stereocenters. The van der Waals surface area contributed by atoms with Gasteiger partial charge in [-0.3, -0.25) is 0 Å². The number of rotatable bonds is 2. The molecule has 3 heterocycles. The lowest BCUT2D eigenvalue weighted by Gasteiger charge is -2.37. The second-order valence-electron chi connectivity index (χ2n) is 6.16. The van der Waals surface area contributed by atoms with Crippen LogP contribution in [0.3, 0.4) is 0 Å². The van der Waals surface area contributed by atoms with Crippen molar-refractivity contribution < 1.29 is 0 Å². The molecule has 3 saturated heterocycles. The fourth-order valence-electron chi connectivity index (χ4n) is 3.74. The number of fused-ring (bicyclic) bond motifs is 2. The fourth-order valence-corrected chi connectivity index (χ4v) is 3.74. The topological polar surface area (TPSA) is 15.3 Å². The summed E-state index contributed by atoms with van der Waals surface area (Å²) >= 11 is 0. The number of piperidine rings is 1. The first-order valence-electron chi connectivity index (χ1n) is 6.76. The first-order chi connectivity index (χ1) is 7.26. The lowest BCUT2D eigenvalue weighted by Crippen LogP contribution is -2.49. The Balaban J connectivity index is 1.56. The van der Waals surface area contributed by atoms with Gasteiger partial charge in [0.2, 0.25) is 0 Å². The van der Waals surface area contributed by atoms with Gasteiger partial charge in [0.1, 0.15) is 0 Å². The predicted molar refractivity (Wildman–Crippen MR) is 63.0 cm³/mol. The van der Waals surface area contributed by atoms with Crippen LogP contribution in [0.2, 0.25) is 0 Å². The molecule has 0 aromatic carbocycles. The normalized spacial score (nSPS) is 42.6. The molecule has 1 N–H and O–H groups in total. The minimum Gasteiger partial charge on any atom is -0.307 e. The Morgan fingerprint density at radius 2 is 1.80 bits per heavy atom. The first-order valence-corrected chi connectivity index (χ1v) is 6.76. The predicted octanol–water partition coefficient (Wildman–Crippen LogP) is 2.00. The molecule has 86 valence electrons. The monoisotopic (exact) mass is 208 g/mol. The Morgan fingerprint density at radius 3 is 2.33 bits per heavy atom. The van der Waals surface area contributed by atoms with Crippen molar-refractivity contribution >= 4 is 0 Å². The molecule has 0 amide bonds. The number of nitrogens with one attached hydrogen (secondary N) is 1. The van der Waals surface area contributed by atoms with Crippen LogP contribution in [0.4, 0.5) is 0 Å². The number of likely N-dealkylation sites (tertiary alicyclic amines) is 1. The molecule has 0 atom stereocenters. The van der Waals surface area contributed by atoms with Crippen molar-refractivity contribution in [3.63, 3.8) is 0 Å². The van der Waals surface area contributed by atoms with Crippen molar-refractivity contribution in [1.29, 1.82) is 0 Å². The Bertz CT molecular complexity index is 223. The molecular weight excluding hydrogens is 184 g/mol. The van der Waals surface area contributed by atoms with E-state index >= 15 is 0 Å². The molecule has 3 fully saturated rings. The van der Waals surface area contributed by atoms with Crippen LogP contribution in [0.15, 0.2) is 0 Å². The summed E-state index contributed by atoms with van der Waals surface area (Å²) in [6, 6.07) is 0.869. The van der Waals surface area contributed by atoms with Gasteiger partial charge in [0.15, 0.2) is 0 Å². The maximum atomic E-state index is 3.86. The average molecular weight is 208 g/mol. The molecule has 0 aromatic heterocycles. The van der Waals surface area contributed by atoms with Gasteiger partial charge in [-0.1, -0.05) is 6.92 Å². The van der Waals surface area contributed by atoms with Gasteiger partial charge in [0.05, 0.1) is 0 Å². The standard InChI is InChI=1S/C13H24N2/c1-11-4-8-15(9-5-11)10-13-6-2-12(14-13)3-7-13/h11-12,14H,2-10H2,1H3. The second kappa shape index (κ2) is 3.74.